The number of carbonyl (C=O) groups is 1. The summed E-state index contributed by atoms with van der Waals surface area (Å²) in [4.78, 5) is 15.3. The summed E-state index contributed by atoms with van der Waals surface area (Å²) in [6.45, 7) is 3.79. The van der Waals surface area contributed by atoms with Crippen LogP contribution < -0.4 is 19.5 Å². The van der Waals surface area contributed by atoms with E-state index in [9.17, 15) is 4.79 Å². The lowest BCUT2D eigenvalue weighted by atomic mass is 10.1. The highest BCUT2D eigenvalue weighted by Gasteiger charge is 2.28. The summed E-state index contributed by atoms with van der Waals surface area (Å²) in [6, 6.07) is 13.0. The second-order valence-corrected chi connectivity index (χ2v) is 7.95. The van der Waals surface area contributed by atoms with Crippen molar-refractivity contribution < 1.29 is 19.0 Å². The van der Waals surface area contributed by atoms with Crippen molar-refractivity contribution in [1.82, 2.24) is 15.1 Å². The summed E-state index contributed by atoms with van der Waals surface area (Å²) in [5.74, 6) is 1.55. The summed E-state index contributed by atoms with van der Waals surface area (Å²) in [7, 11) is 0. The number of aromatic amines is 1. The van der Waals surface area contributed by atoms with Gasteiger partial charge in [-0.3, -0.25) is 14.8 Å². The van der Waals surface area contributed by atoms with Gasteiger partial charge in [0.05, 0.1) is 11.9 Å². The van der Waals surface area contributed by atoms with Gasteiger partial charge in [0, 0.05) is 18.3 Å². The molecule has 3 heterocycles. The SMILES string of the molecule is O=C(Nc1ccc(-c2cn[nH]c2)cc1OCCN1CCCC1)C1COc2ccccc2O1. The van der Waals surface area contributed by atoms with Gasteiger partial charge in [-0.2, -0.15) is 5.10 Å². The molecule has 1 amide bonds. The standard InChI is InChI=1S/C24H26N4O4/c29-24(23-16-31-20-5-1-2-6-21(20)32-23)27-19-8-7-17(18-14-25-26-15-18)13-22(19)30-12-11-28-9-3-4-10-28/h1-2,5-8,13-15,23H,3-4,9-12,16H2,(H,25,26)(H,27,29). The molecule has 1 unspecified atom stereocenters. The topological polar surface area (TPSA) is 88.7 Å². The molecular formula is C24H26N4O4. The molecule has 0 spiro atoms. The molecule has 1 saturated heterocycles. The van der Waals surface area contributed by atoms with Crippen LogP contribution in [0.1, 0.15) is 12.8 Å². The van der Waals surface area contributed by atoms with Gasteiger partial charge in [-0.1, -0.05) is 18.2 Å². The van der Waals surface area contributed by atoms with Gasteiger partial charge in [0.15, 0.2) is 11.5 Å². The van der Waals surface area contributed by atoms with E-state index in [2.05, 4.69) is 20.4 Å². The summed E-state index contributed by atoms with van der Waals surface area (Å²) in [6.07, 6.45) is 5.32. The zero-order valence-corrected chi connectivity index (χ0v) is 17.8. The van der Waals surface area contributed by atoms with Gasteiger partial charge < -0.3 is 19.5 Å². The largest absolute Gasteiger partial charge is 0.490 e. The van der Waals surface area contributed by atoms with Crippen LogP contribution in [0, 0.1) is 0 Å². The number of amides is 1. The molecular weight excluding hydrogens is 408 g/mol. The third-order valence-electron chi connectivity index (χ3n) is 5.74. The van der Waals surface area contributed by atoms with Crippen molar-refractivity contribution in [2.24, 2.45) is 0 Å². The number of rotatable bonds is 7. The fraction of sp³-hybridized carbons (Fsp3) is 0.333. The first-order valence-corrected chi connectivity index (χ1v) is 10.9. The van der Waals surface area contributed by atoms with Crippen molar-refractivity contribution >= 4 is 11.6 Å². The molecule has 2 aliphatic heterocycles. The fourth-order valence-corrected chi connectivity index (χ4v) is 3.99. The van der Waals surface area contributed by atoms with Crippen molar-refractivity contribution in [3.8, 4) is 28.4 Å². The Kier molecular flexibility index (Phi) is 5.93. The number of ether oxygens (including phenoxy) is 3. The van der Waals surface area contributed by atoms with Crippen molar-refractivity contribution in [2.45, 2.75) is 18.9 Å². The van der Waals surface area contributed by atoms with E-state index in [0.717, 1.165) is 30.8 Å². The Labute approximate surface area is 186 Å². The van der Waals surface area contributed by atoms with Crippen LogP contribution in [0.3, 0.4) is 0 Å². The smallest absolute Gasteiger partial charge is 0.269 e. The first-order valence-electron chi connectivity index (χ1n) is 10.9. The summed E-state index contributed by atoms with van der Waals surface area (Å²) in [5.41, 5.74) is 2.51. The highest BCUT2D eigenvalue weighted by molar-refractivity contribution is 5.96. The molecule has 5 rings (SSSR count). The molecule has 1 atom stereocenters. The second-order valence-electron chi connectivity index (χ2n) is 7.95. The van der Waals surface area contributed by atoms with E-state index in [1.54, 1.807) is 12.3 Å². The lowest BCUT2D eigenvalue weighted by Crippen LogP contribution is -2.40. The van der Waals surface area contributed by atoms with Gasteiger partial charge in [0.2, 0.25) is 6.10 Å². The Bertz CT molecular complexity index is 1060. The summed E-state index contributed by atoms with van der Waals surface area (Å²) in [5, 5.41) is 9.80. The number of aromatic nitrogens is 2. The van der Waals surface area contributed by atoms with Crippen LogP contribution in [0.5, 0.6) is 17.2 Å². The van der Waals surface area contributed by atoms with E-state index in [1.165, 1.54) is 12.8 Å². The first kappa shape index (κ1) is 20.4. The number of hydrogen-bond acceptors (Lipinski definition) is 6. The Balaban J connectivity index is 1.30. The van der Waals surface area contributed by atoms with Crippen LogP contribution in [0.2, 0.25) is 0 Å². The second kappa shape index (κ2) is 9.32. The van der Waals surface area contributed by atoms with E-state index in [4.69, 9.17) is 14.2 Å². The van der Waals surface area contributed by atoms with Crippen LogP contribution in [-0.2, 0) is 4.79 Å². The van der Waals surface area contributed by atoms with Crippen LogP contribution >= 0.6 is 0 Å². The van der Waals surface area contributed by atoms with Gasteiger partial charge in [-0.05, 0) is 55.8 Å². The van der Waals surface area contributed by atoms with E-state index in [1.807, 2.05) is 42.6 Å². The molecule has 0 radical (unpaired) electrons. The number of carbonyl (C=O) groups excluding carboxylic acids is 1. The maximum absolute atomic E-state index is 12.9. The van der Waals surface area contributed by atoms with Crippen molar-refractivity contribution in [1.29, 1.82) is 0 Å². The third-order valence-corrected chi connectivity index (χ3v) is 5.74. The van der Waals surface area contributed by atoms with Crippen molar-refractivity contribution in [3.63, 3.8) is 0 Å². The van der Waals surface area contributed by atoms with Crippen molar-refractivity contribution in [2.75, 3.05) is 38.2 Å². The van der Waals surface area contributed by atoms with Crippen LogP contribution in [0.15, 0.2) is 54.9 Å². The number of nitrogens with one attached hydrogen (secondary N) is 2. The average Bonchev–Trinajstić information content (AvgIpc) is 3.54. The van der Waals surface area contributed by atoms with Gasteiger partial charge in [-0.25, -0.2) is 0 Å². The normalized spacial score (nSPS) is 17.8. The van der Waals surface area contributed by atoms with Gasteiger partial charge in [0.25, 0.3) is 5.91 Å². The molecule has 1 fully saturated rings. The van der Waals surface area contributed by atoms with Crippen LogP contribution in [0.4, 0.5) is 5.69 Å². The van der Waals surface area contributed by atoms with E-state index in [0.29, 0.717) is 29.5 Å². The van der Waals surface area contributed by atoms with E-state index >= 15 is 0 Å². The molecule has 2 aromatic carbocycles. The maximum Gasteiger partial charge on any atom is 0.269 e. The number of hydrogen-bond donors (Lipinski definition) is 2. The summed E-state index contributed by atoms with van der Waals surface area (Å²) < 4.78 is 17.6. The molecule has 166 valence electrons. The van der Waals surface area contributed by atoms with Crippen molar-refractivity contribution in [3.05, 3.63) is 54.9 Å². The zero-order valence-electron chi connectivity index (χ0n) is 17.8. The average molecular weight is 434 g/mol. The maximum atomic E-state index is 12.9. The molecule has 0 saturated carbocycles. The minimum absolute atomic E-state index is 0.154. The Morgan fingerprint density at radius 1 is 1.16 bits per heavy atom. The predicted molar refractivity (Wildman–Crippen MR) is 120 cm³/mol. The third kappa shape index (κ3) is 4.55. The Morgan fingerprint density at radius 3 is 2.81 bits per heavy atom. The van der Waals surface area contributed by atoms with Gasteiger partial charge in [0.1, 0.15) is 19.0 Å². The highest BCUT2D eigenvalue weighted by Crippen LogP contribution is 2.33. The molecule has 2 aliphatic rings. The molecule has 8 nitrogen and oxygen atoms in total. The number of fused-ring (bicyclic) bond motifs is 1. The lowest BCUT2D eigenvalue weighted by Gasteiger charge is -2.26. The number of para-hydroxylation sites is 2. The molecule has 0 aliphatic carbocycles. The van der Waals surface area contributed by atoms with Crippen LogP contribution in [0.25, 0.3) is 11.1 Å². The fourth-order valence-electron chi connectivity index (χ4n) is 3.99. The Hall–Kier alpha value is -3.52. The Morgan fingerprint density at radius 2 is 2.00 bits per heavy atom. The monoisotopic (exact) mass is 434 g/mol. The summed E-state index contributed by atoms with van der Waals surface area (Å²) >= 11 is 0. The number of benzene rings is 2. The molecule has 0 bridgehead atoms. The van der Waals surface area contributed by atoms with Gasteiger partial charge in [-0.15, -0.1) is 0 Å². The minimum Gasteiger partial charge on any atom is -0.490 e. The van der Waals surface area contributed by atoms with E-state index in [-0.39, 0.29) is 12.5 Å². The van der Waals surface area contributed by atoms with E-state index < -0.39 is 6.10 Å². The highest BCUT2D eigenvalue weighted by atomic mass is 16.6. The predicted octanol–water partition coefficient (Wildman–Crippen LogP) is 3.33. The number of H-pyrrole nitrogens is 1. The zero-order chi connectivity index (χ0) is 21.8. The molecule has 3 aromatic rings. The molecule has 32 heavy (non-hydrogen) atoms. The molecule has 8 heteroatoms. The minimum atomic E-state index is -0.740. The molecule has 2 N–H and O–H groups in total. The number of nitrogens with zero attached hydrogens (tertiary/aromatic N) is 2. The quantitative estimate of drug-likeness (QED) is 0.593. The number of likely N-dealkylation sites (tertiary alicyclic amines) is 1. The number of anilines is 1. The first-order chi connectivity index (χ1) is 15.8. The lowest BCUT2D eigenvalue weighted by molar-refractivity contribution is -0.125. The van der Waals surface area contributed by atoms with Crippen LogP contribution in [-0.4, -0.2) is 60.0 Å². The van der Waals surface area contributed by atoms with Gasteiger partial charge >= 0.3 is 0 Å². The molecule has 1 aromatic heterocycles.